The summed E-state index contributed by atoms with van der Waals surface area (Å²) in [6.45, 7) is 1.44. The first-order valence-corrected chi connectivity index (χ1v) is 16.0. The molecule has 0 atom stereocenters. The number of benzene rings is 3. The Morgan fingerprint density at radius 3 is 2.44 bits per heavy atom. The number of carbonyl (C=O) groups excluding carboxylic acids is 1. The van der Waals surface area contributed by atoms with Gasteiger partial charge in [0.05, 0.1) is 20.4 Å². The monoisotopic (exact) mass is 614 g/mol. The molecule has 0 spiro atoms. The Balaban J connectivity index is 1.07. The van der Waals surface area contributed by atoms with Gasteiger partial charge in [-0.05, 0) is 86.1 Å². The highest BCUT2D eigenvalue weighted by atomic mass is 32.2. The third-order valence-electron chi connectivity index (χ3n) is 7.02. The summed E-state index contributed by atoms with van der Waals surface area (Å²) in [5, 5.41) is 9.12. The number of anilines is 3. The van der Waals surface area contributed by atoms with Crippen molar-refractivity contribution in [3.8, 4) is 0 Å². The maximum atomic E-state index is 13.4. The fraction of sp³-hybridized carbons (Fsp3) is 0.161. The molecule has 1 aliphatic rings. The SMILES string of the molecule is O=C(Nc1nc2ccc(/C=C/c3cnc(Nc4ccc(S(=O)(=O)C5CCNCC5)cc4)nc3)cc2s1)c1cccc(F)c1. The molecule has 3 N–H and O–H groups in total. The molecule has 1 saturated heterocycles. The van der Waals surface area contributed by atoms with Crippen molar-refractivity contribution in [2.45, 2.75) is 23.0 Å². The second kappa shape index (κ2) is 12.4. The largest absolute Gasteiger partial charge is 0.324 e. The molecule has 12 heteroatoms. The van der Waals surface area contributed by atoms with Crippen LogP contribution in [0, 0.1) is 5.82 Å². The molecule has 5 aromatic rings. The molecule has 218 valence electrons. The lowest BCUT2D eigenvalue weighted by molar-refractivity contribution is 0.102. The fourth-order valence-electron chi connectivity index (χ4n) is 4.73. The first kappa shape index (κ1) is 28.6. The normalized spacial score (nSPS) is 14.3. The number of rotatable bonds is 8. The zero-order valence-corrected chi connectivity index (χ0v) is 24.5. The summed E-state index contributed by atoms with van der Waals surface area (Å²) in [5.74, 6) is -0.503. The van der Waals surface area contributed by atoms with Crippen LogP contribution in [0.5, 0.6) is 0 Å². The minimum absolute atomic E-state index is 0.225. The van der Waals surface area contributed by atoms with Gasteiger partial charge in [-0.2, -0.15) is 0 Å². The molecule has 0 bridgehead atoms. The van der Waals surface area contributed by atoms with Crippen LogP contribution in [0.2, 0.25) is 0 Å². The maximum absolute atomic E-state index is 13.4. The zero-order chi connectivity index (χ0) is 29.8. The number of amides is 1. The number of hydrogen-bond acceptors (Lipinski definition) is 9. The lowest BCUT2D eigenvalue weighted by Gasteiger charge is -2.22. The van der Waals surface area contributed by atoms with Crippen LogP contribution in [-0.2, 0) is 9.84 Å². The van der Waals surface area contributed by atoms with Crippen LogP contribution < -0.4 is 16.0 Å². The molecule has 0 aliphatic carbocycles. The van der Waals surface area contributed by atoms with Crippen LogP contribution in [-0.4, -0.2) is 47.6 Å². The van der Waals surface area contributed by atoms with Gasteiger partial charge < -0.3 is 10.6 Å². The molecule has 2 aromatic heterocycles. The Bertz CT molecular complexity index is 1900. The molecule has 9 nitrogen and oxygen atoms in total. The van der Waals surface area contributed by atoms with Gasteiger partial charge >= 0.3 is 0 Å². The molecule has 3 heterocycles. The Kier molecular flexibility index (Phi) is 8.23. The summed E-state index contributed by atoms with van der Waals surface area (Å²) in [7, 11) is -3.35. The number of halogens is 1. The lowest BCUT2D eigenvalue weighted by atomic mass is 10.2. The van der Waals surface area contributed by atoms with Crippen molar-refractivity contribution in [1.82, 2.24) is 20.3 Å². The predicted molar refractivity (Wildman–Crippen MR) is 168 cm³/mol. The van der Waals surface area contributed by atoms with Crippen molar-refractivity contribution < 1.29 is 17.6 Å². The van der Waals surface area contributed by atoms with Gasteiger partial charge in [0.25, 0.3) is 5.91 Å². The number of nitrogens with zero attached hydrogens (tertiary/aromatic N) is 3. The van der Waals surface area contributed by atoms with Gasteiger partial charge in [-0.15, -0.1) is 0 Å². The number of aromatic nitrogens is 3. The summed E-state index contributed by atoms with van der Waals surface area (Å²) in [4.78, 5) is 26.0. The second-order valence-electron chi connectivity index (χ2n) is 10.0. The van der Waals surface area contributed by atoms with E-state index >= 15 is 0 Å². The fourth-order valence-corrected chi connectivity index (χ4v) is 7.40. The number of carbonyl (C=O) groups is 1. The number of thiazole rings is 1. The molecule has 6 rings (SSSR count). The smallest absolute Gasteiger partial charge is 0.257 e. The Hall–Kier alpha value is -4.52. The number of nitrogens with one attached hydrogen (secondary N) is 3. The summed E-state index contributed by atoms with van der Waals surface area (Å²) in [6, 6.07) is 17.9. The van der Waals surface area contributed by atoms with Crippen LogP contribution in [0.3, 0.4) is 0 Å². The van der Waals surface area contributed by atoms with Gasteiger partial charge in [0, 0.05) is 29.2 Å². The van der Waals surface area contributed by atoms with E-state index < -0.39 is 21.6 Å². The van der Waals surface area contributed by atoms with Gasteiger partial charge in [0.2, 0.25) is 5.95 Å². The first-order chi connectivity index (χ1) is 20.8. The lowest BCUT2D eigenvalue weighted by Crippen LogP contribution is -2.35. The summed E-state index contributed by atoms with van der Waals surface area (Å²) < 4.78 is 40.2. The summed E-state index contributed by atoms with van der Waals surface area (Å²) in [5.41, 5.74) is 3.38. The van der Waals surface area contributed by atoms with E-state index in [9.17, 15) is 17.6 Å². The minimum atomic E-state index is -3.35. The van der Waals surface area contributed by atoms with E-state index in [1.807, 2.05) is 30.4 Å². The third-order valence-corrected chi connectivity index (χ3v) is 10.2. The van der Waals surface area contributed by atoms with Gasteiger partial charge in [0.15, 0.2) is 15.0 Å². The van der Waals surface area contributed by atoms with Gasteiger partial charge in [0.1, 0.15) is 5.82 Å². The van der Waals surface area contributed by atoms with Crippen LogP contribution in [0.15, 0.2) is 84.0 Å². The van der Waals surface area contributed by atoms with Crippen molar-refractivity contribution in [3.63, 3.8) is 0 Å². The molecule has 1 aliphatic heterocycles. The van der Waals surface area contributed by atoms with Crippen molar-refractivity contribution >= 4 is 66.2 Å². The minimum Gasteiger partial charge on any atom is -0.324 e. The highest BCUT2D eigenvalue weighted by molar-refractivity contribution is 7.92. The molecule has 43 heavy (non-hydrogen) atoms. The van der Waals surface area contributed by atoms with E-state index in [0.29, 0.717) is 34.5 Å². The third kappa shape index (κ3) is 6.77. The van der Waals surface area contributed by atoms with E-state index in [4.69, 9.17) is 0 Å². The first-order valence-electron chi connectivity index (χ1n) is 13.6. The molecule has 3 aromatic carbocycles. The Morgan fingerprint density at radius 2 is 1.70 bits per heavy atom. The van der Waals surface area contributed by atoms with E-state index in [1.165, 1.54) is 29.5 Å². The molecular weight excluding hydrogens is 588 g/mol. The zero-order valence-electron chi connectivity index (χ0n) is 22.8. The number of sulfone groups is 1. The molecule has 0 radical (unpaired) electrons. The summed E-state index contributed by atoms with van der Waals surface area (Å²) in [6.07, 6.45) is 8.43. The maximum Gasteiger partial charge on any atom is 0.257 e. The van der Waals surface area contributed by atoms with Crippen molar-refractivity contribution in [1.29, 1.82) is 0 Å². The Labute approximate surface area is 251 Å². The highest BCUT2D eigenvalue weighted by Crippen LogP contribution is 2.28. The van der Waals surface area contributed by atoms with Gasteiger partial charge in [-0.1, -0.05) is 35.6 Å². The van der Waals surface area contributed by atoms with Crippen molar-refractivity contribution in [2.24, 2.45) is 0 Å². The van der Waals surface area contributed by atoms with E-state index in [1.54, 1.807) is 42.7 Å². The van der Waals surface area contributed by atoms with E-state index in [0.717, 1.165) is 34.4 Å². The van der Waals surface area contributed by atoms with Crippen molar-refractivity contribution in [2.75, 3.05) is 23.7 Å². The van der Waals surface area contributed by atoms with E-state index in [-0.39, 0.29) is 10.8 Å². The molecule has 0 saturated carbocycles. The average Bonchev–Trinajstić information content (AvgIpc) is 3.43. The molecule has 1 fully saturated rings. The molecular formula is C31H27FN6O3S2. The highest BCUT2D eigenvalue weighted by Gasteiger charge is 2.28. The van der Waals surface area contributed by atoms with Crippen LogP contribution in [0.1, 0.15) is 34.3 Å². The average molecular weight is 615 g/mol. The number of piperidine rings is 1. The summed E-state index contributed by atoms with van der Waals surface area (Å²) >= 11 is 1.33. The number of fused-ring (bicyclic) bond motifs is 1. The van der Waals surface area contributed by atoms with E-state index in [2.05, 4.69) is 30.9 Å². The second-order valence-corrected chi connectivity index (χ2v) is 13.3. The molecule has 1 amide bonds. The van der Waals surface area contributed by atoms with Crippen LogP contribution in [0.25, 0.3) is 22.4 Å². The number of hydrogen-bond donors (Lipinski definition) is 3. The predicted octanol–water partition coefficient (Wildman–Crippen LogP) is 5.92. The van der Waals surface area contributed by atoms with Crippen LogP contribution >= 0.6 is 11.3 Å². The Morgan fingerprint density at radius 1 is 0.953 bits per heavy atom. The topological polar surface area (TPSA) is 126 Å². The quantitative estimate of drug-likeness (QED) is 0.197. The van der Waals surface area contributed by atoms with Gasteiger partial charge in [-0.25, -0.2) is 27.8 Å². The van der Waals surface area contributed by atoms with Gasteiger partial charge in [-0.3, -0.25) is 10.1 Å². The van der Waals surface area contributed by atoms with Crippen molar-refractivity contribution in [3.05, 3.63) is 102 Å². The van der Waals surface area contributed by atoms with Crippen LogP contribution in [0.4, 0.5) is 21.2 Å². The standard InChI is InChI=1S/C31H27FN6O3S2/c32-23-3-1-2-22(17-23)29(39)38-31-37-27-11-6-20(16-28(27)42-31)4-5-21-18-34-30(35-19-21)36-24-7-9-25(10-8-24)43(40,41)26-12-14-33-15-13-26/h1-11,16-19,26,33H,12-15H2,(H,34,35,36)(H,37,38,39)/b5-4+. The molecule has 0 unspecified atom stereocenters.